The Bertz CT molecular complexity index is 1040. The van der Waals surface area contributed by atoms with Crippen LogP contribution >= 0.6 is 0 Å². The fourth-order valence-electron chi connectivity index (χ4n) is 3.79. The SMILES string of the molecule is CC1CC(C)CN(S(=O)(=O)c2cccc(C(=O)CNc3cccc([N+](=O)[O-])c3)c2)C1. The predicted molar refractivity (Wildman–Crippen MR) is 114 cm³/mol. The first-order valence-corrected chi connectivity index (χ1v) is 11.2. The number of carbonyl (C=O) groups excluding carboxylic acids is 1. The molecule has 9 heteroatoms. The second kappa shape index (κ2) is 8.93. The van der Waals surface area contributed by atoms with Crippen LogP contribution in [0.2, 0.25) is 0 Å². The summed E-state index contributed by atoms with van der Waals surface area (Å²) >= 11 is 0. The Morgan fingerprint density at radius 2 is 1.80 bits per heavy atom. The molecule has 1 heterocycles. The molecule has 3 rings (SSSR count). The van der Waals surface area contributed by atoms with Gasteiger partial charge in [0.1, 0.15) is 0 Å². The van der Waals surface area contributed by atoms with Crippen molar-refractivity contribution in [1.29, 1.82) is 0 Å². The van der Waals surface area contributed by atoms with Crippen LogP contribution < -0.4 is 5.32 Å². The van der Waals surface area contributed by atoms with Crippen LogP contribution in [0.15, 0.2) is 53.4 Å². The third-order valence-electron chi connectivity index (χ3n) is 5.14. The molecule has 0 aliphatic carbocycles. The van der Waals surface area contributed by atoms with Gasteiger partial charge in [-0.2, -0.15) is 4.31 Å². The number of sulfonamides is 1. The summed E-state index contributed by atoms with van der Waals surface area (Å²) in [5.74, 6) is 0.263. The van der Waals surface area contributed by atoms with E-state index in [-0.39, 0.29) is 40.3 Å². The average molecular weight is 432 g/mol. The van der Waals surface area contributed by atoms with Crippen LogP contribution in [0.3, 0.4) is 0 Å². The van der Waals surface area contributed by atoms with E-state index in [0.29, 0.717) is 18.8 Å². The fraction of sp³-hybridized carbons (Fsp3) is 0.381. The number of non-ortho nitro benzene ring substituents is 1. The number of nitrogens with one attached hydrogen (secondary N) is 1. The third-order valence-corrected chi connectivity index (χ3v) is 6.97. The van der Waals surface area contributed by atoms with Crippen molar-refractivity contribution in [2.75, 3.05) is 25.0 Å². The number of hydrogen-bond donors (Lipinski definition) is 1. The Hall–Kier alpha value is -2.78. The highest BCUT2D eigenvalue weighted by atomic mass is 32.2. The van der Waals surface area contributed by atoms with Gasteiger partial charge < -0.3 is 5.32 Å². The molecule has 8 nitrogen and oxygen atoms in total. The molecule has 1 N–H and O–H groups in total. The van der Waals surface area contributed by atoms with Crippen LogP contribution in [0.4, 0.5) is 11.4 Å². The Balaban J connectivity index is 1.74. The Morgan fingerprint density at radius 3 is 2.47 bits per heavy atom. The van der Waals surface area contributed by atoms with Crippen molar-refractivity contribution in [1.82, 2.24) is 4.31 Å². The van der Waals surface area contributed by atoms with Crippen molar-refractivity contribution >= 4 is 27.2 Å². The lowest BCUT2D eigenvalue weighted by molar-refractivity contribution is -0.384. The smallest absolute Gasteiger partial charge is 0.271 e. The van der Waals surface area contributed by atoms with Gasteiger partial charge in [-0.3, -0.25) is 14.9 Å². The minimum Gasteiger partial charge on any atom is -0.377 e. The lowest BCUT2D eigenvalue weighted by Gasteiger charge is -2.34. The molecule has 2 unspecified atom stereocenters. The lowest BCUT2D eigenvalue weighted by atomic mass is 9.94. The molecule has 2 atom stereocenters. The van der Waals surface area contributed by atoms with E-state index in [1.165, 1.54) is 34.6 Å². The van der Waals surface area contributed by atoms with Gasteiger partial charge in [-0.15, -0.1) is 0 Å². The standard InChI is InChI=1S/C21H25N3O5S/c1-15-9-16(2)14-23(13-15)30(28,29)20-8-3-5-17(10-20)21(25)12-22-18-6-4-7-19(11-18)24(26)27/h3-8,10-11,15-16,22H,9,12-14H2,1-2H3. The monoisotopic (exact) mass is 431 g/mol. The number of ketones is 1. The third kappa shape index (κ3) is 5.03. The number of hydrogen-bond acceptors (Lipinski definition) is 6. The molecule has 1 aliphatic rings. The molecule has 0 saturated carbocycles. The quantitative estimate of drug-likeness (QED) is 0.408. The Labute approximate surface area is 176 Å². The molecule has 160 valence electrons. The minimum absolute atomic E-state index is 0.0782. The van der Waals surface area contributed by atoms with Gasteiger partial charge in [0.25, 0.3) is 5.69 Å². The molecular formula is C21H25N3O5S. The van der Waals surface area contributed by atoms with Gasteiger partial charge in [-0.1, -0.05) is 32.0 Å². The zero-order valence-corrected chi connectivity index (χ0v) is 17.8. The Morgan fingerprint density at radius 1 is 1.13 bits per heavy atom. The summed E-state index contributed by atoms with van der Waals surface area (Å²) in [6.45, 7) is 4.91. The summed E-state index contributed by atoms with van der Waals surface area (Å²) in [7, 11) is -3.68. The molecule has 0 aromatic heterocycles. The van der Waals surface area contributed by atoms with Crippen LogP contribution in [-0.4, -0.2) is 43.1 Å². The summed E-state index contributed by atoms with van der Waals surface area (Å²) in [6, 6.07) is 11.9. The van der Waals surface area contributed by atoms with Crippen LogP contribution in [0.1, 0.15) is 30.6 Å². The molecule has 2 aromatic rings. The first-order chi connectivity index (χ1) is 14.2. The summed E-state index contributed by atoms with van der Waals surface area (Å²) in [4.78, 5) is 23.0. The molecule has 1 saturated heterocycles. The second-order valence-electron chi connectivity index (χ2n) is 7.88. The number of rotatable bonds is 7. The molecule has 0 bridgehead atoms. The molecule has 2 aromatic carbocycles. The summed E-state index contributed by atoms with van der Waals surface area (Å²) in [5.41, 5.74) is 0.634. The molecule has 0 spiro atoms. The van der Waals surface area contributed by atoms with Crippen molar-refractivity contribution in [3.8, 4) is 0 Å². The maximum atomic E-state index is 13.1. The van der Waals surface area contributed by atoms with Gasteiger partial charge in [0.15, 0.2) is 5.78 Å². The number of carbonyl (C=O) groups is 1. The largest absolute Gasteiger partial charge is 0.377 e. The van der Waals surface area contributed by atoms with E-state index >= 15 is 0 Å². The molecular weight excluding hydrogens is 406 g/mol. The first-order valence-electron chi connectivity index (χ1n) is 9.78. The number of benzene rings is 2. The zero-order valence-electron chi connectivity index (χ0n) is 16.9. The van der Waals surface area contributed by atoms with Gasteiger partial charge in [0.05, 0.1) is 16.4 Å². The van der Waals surface area contributed by atoms with Crippen LogP contribution in [0.25, 0.3) is 0 Å². The fourth-order valence-corrected chi connectivity index (χ4v) is 5.52. The highest BCUT2D eigenvalue weighted by Crippen LogP contribution is 2.27. The highest BCUT2D eigenvalue weighted by molar-refractivity contribution is 7.89. The van der Waals surface area contributed by atoms with E-state index in [1.807, 2.05) is 13.8 Å². The van der Waals surface area contributed by atoms with Gasteiger partial charge in [-0.25, -0.2) is 8.42 Å². The normalized spacial score (nSPS) is 19.9. The number of anilines is 1. The summed E-state index contributed by atoms with van der Waals surface area (Å²) in [5, 5.41) is 13.7. The average Bonchev–Trinajstić information content (AvgIpc) is 2.71. The Kier molecular flexibility index (Phi) is 6.52. The number of nitrogens with zero attached hydrogens (tertiary/aromatic N) is 2. The van der Waals surface area contributed by atoms with Crippen molar-refractivity contribution < 1.29 is 18.1 Å². The number of nitro groups is 1. The van der Waals surface area contributed by atoms with E-state index in [2.05, 4.69) is 5.32 Å². The van der Waals surface area contributed by atoms with Crippen LogP contribution in [-0.2, 0) is 10.0 Å². The van der Waals surface area contributed by atoms with Gasteiger partial charge in [-0.05, 0) is 36.5 Å². The van der Waals surface area contributed by atoms with Gasteiger partial charge >= 0.3 is 0 Å². The molecule has 1 aliphatic heterocycles. The first kappa shape index (κ1) is 21.9. The molecule has 0 radical (unpaired) electrons. The maximum Gasteiger partial charge on any atom is 0.271 e. The van der Waals surface area contributed by atoms with E-state index in [9.17, 15) is 23.3 Å². The van der Waals surface area contributed by atoms with Crippen molar-refractivity contribution in [2.45, 2.75) is 25.2 Å². The van der Waals surface area contributed by atoms with E-state index in [4.69, 9.17) is 0 Å². The topological polar surface area (TPSA) is 110 Å². The van der Waals surface area contributed by atoms with Gasteiger partial charge in [0.2, 0.25) is 10.0 Å². The van der Waals surface area contributed by atoms with E-state index < -0.39 is 14.9 Å². The van der Waals surface area contributed by atoms with E-state index in [1.54, 1.807) is 18.2 Å². The van der Waals surface area contributed by atoms with Crippen molar-refractivity contribution in [2.24, 2.45) is 11.8 Å². The number of Topliss-reactive ketones (excluding diaryl/α,β-unsaturated/α-hetero) is 1. The maximum absolute atomic E-state index is 13.1. The zero-order chi connectivity index (χ0) is 21.9. The van der Waals surface area contributed by atoms with Crippen molar-refractivity contribution in [3.63, 3.8) is 0 Å². The second-order valence-corrected chi connectivity index (χ2v) is 9.82. The number of nitro benzene ring substituents is 1. The molecule has 0 amide bonds. The van der Waals surface area contributed by atoms with Crippen LogP contribution in [0, 0.1) is 22.0 Å². The summed E-state index contributed by atoms with van der Waals surface area (Å²) in [6.07, 6.45) is 0.994. The van der Waals surface area contributed by atoms with Crippen LogP contribution in [0.5, 0.6) is 0 Å². The highest BCUT2D eigenvalue weighted by Gasteiger charge is 2.31. The molecule has 30 heavy (non-hydrogen) atoms. The molecule has 1 fully saturated rings. The lowest BCUT2D eigenvalue weighted by Crippen LogP contribution is -2.42. The van der Waals surface area contributed by atoms with E-state index in [0.717, 1.165) is 6.42 Å². The predicted octanol–water partition coefficient (Wildman–Crippen LogP) is 3.56. The van der Waals surface area contributed by atoms with Gasteiger partial charge in [0, 0.05) is 36.5 Å². The number of piperidine rings is 1. The summed E-state index contributed by atoms with van der Waals surface area (Å²) < 4.78 is 27.6. The minimum atomic E-state index is -3.68. The van der Waals surface area contributed by atoms with Crippen molar-refractivity contribution in [3.05, 3.63) is 64.2 Å².